The van der Waals surface area contributed by atoms with Gasteiger partial charge in [-0.1, -0.05) is 48.6 Å². The largest absolute Gasteiger partial charge is 0.421 e. The van der Waals surface area contributed by atoms with Crippen LogP contribution in [0, 0.1) is 5.82 Å². The second kappa shape index (κ2) is 11.1. The Balaban J connectivity index is 1.61. The molecule has 2 atom stereocenters. The van der Waals surface area contributed by atoms with Gasteiger partial charge >= 0.3 is 6.18 Å². The maximum Gasteiger partial charge on any atom is 0.421 e. The molecule has 4 rings (SSSR count). The Morgan fingerprint density at radius 2 is 1.79 bits per heavy atom. The summed E-state index contributed by atoms with van der Waals surface area (Å²) in [5.41, 5.74) is -2.75. The molecule has 0 spiro atoms. The van der Waals surface area contributed by atoms with Crippen molar-refractivity contribution in [2.75, 3.05) is 30.3 Å². The van der Waals surface area contributed by atoms with E-state index in [1.807, 2.05) is 4.90 Å². The number of alkyl halides is 3. The second-order valence-electron chi connectivity index (χ2n) is 9.15. The van der Waals surface area contributed by atoms with Gasteiger partial charge in [-0.15, -0.1) is 11.8 Å². The highest BCUT2D eigenvalue weighted by Gasteiger charge is 2.51. The molecule has 2 aromatic rings. The Hall–Kier alpha value is -2.25. The summed E-state index contributed by atoms with van der Waals surface area (Å²) in [6.07, 6.45) is 0.439. The van der Waals surface area contributed by atoms with Crippen LogP contribution in [-0.4, -0.2) is 60.3 Å². The number of aliphatic hydroxyl groups is 1. The number of hydrogen-bond donors (Lipinski definition) is 1. The van der Waals surface area contributed by atoms with E-state index in [1.54, 1.807) is 30.4 Å². The lowest BCUT2D eigenvalue weighted by molar-refractivity contribution is -0.258. The summed E-state index contributed by atoms with van der Waals surface area (Å²) in [5, 5.41) is 10.0. The molecule has 2 aliphatic rings. The molecule has 1 saturated heterocycles. The molecule has 0 radical (unpaired) electrons. The molecular weight excluding hydrogens is 560 g/mol. The monoisotopic (exact) mass is 586 g/mol. The highest BCUT2D eigenvalue weighted by molar-refractivity contribution is 7.99. The summed E-state index contributed by atoms with van der Waals surface area (Å²) >= 11 is 6.52. The summed E-state index contributed by atoms with van der Waals surface area (Å²) in [6.45, 7) is 1.16. The molecular formula is C26H26F4N2O3S3. The number of thioether (sulfide) groups is 1. The Morgan fingerprint density at radius 1 is 1.11 bits per heavy atom. The number of rotatable bonds is 7. The van der Waals surface area contributed by atoms with Crippen molar-refractivity contribution in [2.45, 2.75) is 36.1 Å². The van der Waals surface area contributed by atoms with E-state index in [4.69, 9.17) is 12.2 Å². The van der Waals surface area contributed by atoms with E-state index in [9.17, 15) is 31.1 Å². The molecule has 1 aliphatic carbocycles. The predicted octanol–water partition coefficient (Wildman–Crippen LogP) is 5.42. The number of sulfonamides is 1. The lowest BCUT2D eigenvalue weighted by atomic mass is 9.95. The highest BCUT2D eigenvalue weighted by atomic mass is 32.2. The molecule has 1 aliphatic heterocycles. The zero-order chi connectivity index (χ0) is 27.7. The first kappa shape index (κ1) is 28.8. The number of nitrogens with zero attached hydrogens (tertiary/aromatic N) is 2. The standard InChI is InChI=1S/C26H26F4N2O3S3/c1-25(33,26(28,29)30)18-10-12-19(13-11-18)32-15-14-31(38(34,35)24-9-5-3-7-22(24)36)16-20(32)17-37-23-8-4-2-6-21(23)27/h2-6,8-13,20,33H,7,14-17H2,1H3/t20-,25+/m1/s1. The quantitative estimate of drug-likeness (QED) is 0.266. The predicted molar refractivity (Wildman–Crippen MR) is 145 cm³/mol. The molecule has 38 heavy (non-hydrogen) atoms. The van der Waals surface area contributed by atoms with Gasteiger partial charge < -0.3 is 10.0 Å². The van der Waals surface area contributed by atoms with Gasteiger partial charge in [0.25, 0.3) is 0 Å². The topological polar surface area (TPSA) is 60.9 Å². The molecule has 0 unspecified atom stereocenters. The minimum Gasteiger partial charge on any atom is -0.376 e. The number of hydrogen-bond acceptors (Lipinski definition) is 6. The number of piperazine rings is 1. The third-order valence-corrected chi connectivity index (χ3v) is 10.3. The third kappa shape index (κ3) is 5.84. The normalized spacial score (nSPS) is 20.8. The average Bonchev–Trinajstić information content (AvgIpc) is 2.87. The number of benzene rings is 2. The first-order valence-corrected chi connectivity index (χ1v) is 14.6. The van der Waals surface area contributed by atoms with E-state index < -0.39 is 33.7 Å². The Kier molecular flexibility index (Phi) is 8.39. The first-order chi connectivity index (χ1) is 17.8. The summed E-state index contributed by atoms with van der Waals surface area (Å²) in [5.74, 6) is -0.0779. The van der Waals surface area contributed by atoms with Crippen LogP contribution < -0.4 is 4.90 Å². The second-order valence-corrected chi connectivity index (χ2v) is 12.6. The van der Waals surface area contributed by atoms with Crippen molar-refractivity contribution in [1.29, 1.82) is 0 Å². The van der Waals surface area contributed by atoms with Crippen molar-refractivity contribution in [3.8, 4) is 0 Å². The van der Waals surface area contributed by atoms with Crippen molar-refractivity contribution in [1.82, 2.24) is 4.31 Å². The zero-order valence-electron chi connectivity index (χ0n) is 20.4. The van der Waals surface area contributed by atoms with Gasteiger partial charge in [0.05, 0.1) is 10.9 Å². The number of thiocarbonyl (C=S) groups is 1. The molecule has 204 valence electrons. The fraction of sp³-hybridized carbons (Fsp3) is 0.346. The van der Waals surface area contributed by atoms with Crippen LogP contribution in [-0.2, 0) is 15.6 Å². The minimum atomic E-state index is -4.85. The minimum absolute atomic E-state index is 0.0788. The average molecular weight is 587 g/mol. The fourth-order valence-electron chi connectivity index (χ4n) is 4.31. The van der Waals surface area contributed by atoms with E-state index in [1.165, 1.54) is 52.5 Å². The molecule has 12 heteroatoms. The SMILES string of the molecule is C[C@](O)(c1ccc(N2CCN(S(=O)(=O)C3=CC=CCC3=S)C[C@@H]2CSc2ccccc2F)cc1)C(F)(F)F. The molecule has 1 fully saturated rings. The summed E-state index contributed by atoms with van der Waals surface area (Å²) in [4.78, 5) is 2.73. The maximum absolute atomic E-state index is 14.3. The molecule has 1 heterocycles. The van der Waals surface area contributed by atoms with E-state index in [-0.39, 0.29) is 30.1 Å². The number of halogens is 4. The Labute approximate surface area is 228 Å². The van der Waals surface area contributed by atoms with Gasteiger partial charge in [0.2, 0.25) is 10.0 Å². The van der Waals surface area contributed by atoms with Crippen LogP contribution in [0.5, 0.6) is 0 Å². The van der Waals surface area contributed by atoms with Gasteiger partial charge in [0.1, 0.15) is 5.82 Å². The van der Waals surface area contributed by atoms with Crippen molar-refractivity contribution >= 4 is 44.6 Å². The summed E-state index contributed by atoms with van der Waals surface area (Å²) in [6, 6.07) is 11.2. The Morgan fingerprint density at radius 3 is 2.42 bits per heavy atom. The first-order valence-electron chi connectivity index (χ1n) is 11.8. The molecule has 5 nitrogen and oxygen atoms in total. The Bertz CT molecular complexity index is 1360. The maximum atomic E-state index is 14.3. The van der Waals surface area contributed by atoms with Crippen molar-refractivity contribution in [3.63, 3.8) is 0 Å². The molecule has 2 aromatic carbocycles. The smallest absolute Gasteiger partial charge is 0.376 e. The van der Waals surface area contributed by atoms with E-state index >= 15 is 0 Å². The van der Waals surface area contributed by atoms with E-state index in [0.29, 0.717) is 34.5 Å². The van der Waals surface area contributed by atoms with E-state index in [0.717, 1.165) is 0 Å². The van der Waals surface area contributed by atoms with Crippen LogP contribution in [0.4, 0.5) is 23.2 Å². The lowest BCUT2D eigenvalue weighted by Crippen LogP contribution is -2.56. The third-order valence-electron chi connectivity index (χ3n) is 6.61. The number of anilines is 1. The van der Waals surface area contributed by atoms with Crippen LogP contribution in [0.3, 0.4) is 0 Å². The molecule has 1 N–H and O–H groups in total. The van der Waals surface area contributed by atoms with Crippen LogP contribution >= 0.6 is 24.0 Å². The molecule has 0 bridgehead atoms. The van der Waals surface area contributed by atoms with Gasteiger partial charge in [-0.25, -0.2) is 12.8 Å². The van der Waals surface area contributed by atoms with Gasteiger partial charge in [0.15, 0.2) is 5.60 Å². The van der Waals surface area contributed by atoms with Crippen molar-refractivity contribution < 1.29 is 31.1 Å². The van der Waals surface area contributed by atoms with Gasteiger partial charge in [-0.05, 0) is 42.8 Å². The summed E-state index contributed by atoms with van der Waals surface area (Å²) < 4.78 is 82.4. The van der Waals surface area contributed by atoms with Crippen LogP contribution in [0.15, 0.2) is 76.6 Å². The van der Waals surface area contributed by atoms with Crippen LogP contribution in [0.25, 0.3) is 0 Å². The van der Waals surface area contributed by atoms with Gasteiger partial charge in [-0.2, -0.15) is 17.5 Å². The van der Waals surface area contributed by atoms with Crippen LogP contribution in [0.1, 0.15) is 18.9 Å². The van der Waals surface area contributed by atoms with Gasteiger partial charge in [-0.3, -0.25) is 0 Å². The van der Waals surface area contributed by atoms with Crippen LogP contribution in [0.2, 0.25) is 0 Å². The summed E-state index contributed by atoms with van der Waals surface area (Å²) in [7, 11) is -3.87. The van der Waals surface area contributed by atoms with Crippen molar-refractivity contribution in [2.24, 2.45) is 0 Å². The highest BCUT2D eigenvalue weighted by Crippen LogP contribution is 2.39. The molecule has 0 saturated carbocycles. The van der Waals surface area contributed by atoms with Gasteiger partial charge in [0, 0.05) is 47.3 Å². The molecule has 0 aromatic heterocycles. The number of allylic oxidation sites excluding steroid dienone is 4. The van der Waals surface area contributed by atoms with E-state index in [2.05, 4.69) is 0 Å². The zero-order valence-corrected chi connectivity index (χ0v) is 22.8. The fourth-order valence-corrected chi connectivity index (χ4v) is 7.42. The lowest BCUT2D eigenvalue weighted by Gasteiger charge is -2.42. The van der Waals surface area contributed by atoms with Crippen molar-refractivity contribution in [3.05, 3.63) is 83.0 Å². The molecule has 0 amide bonds.